The lowest BCUT2D eigenvalue weighted by molar-refractivity contribution is -0.140. The number of esters is 1. The minimum Gasteiger partial charge on any atom is -0.455 e. The molecule has 0 bridgehead atoms. The van der Waals surface area contributed by atoms with E-state index < -0.39 is 12.1 Å². The van der Waals surface area contributed by atoms with Gasteiger partial charge in [-0.25, -0.2) is 4.79 Å². The van der Waals surface area contributed by atoms with E-state index in [4.69, 9.17) is 9.84 Å². The van der Waals surface area contributed by atoms with Crippen LogP contribution in [-0.2, 0) is 14.3 Å². The van der Waals surface area contributed by atoms with Gasteiger partial charge in [-0.3, -0.25) is 4.79 Å². The van der Waals surface area contributed by atoms with Gasteiger partial charge in [-0.15, -0.1) is 0 Å². The molecule has 72 valence electrons. The first-order valence-corrected chi connectivity index (χ1v) is 4.13. The zero-order valence-corrected chi connectivity index (χ0v) is 7.61. The van der Waals surface area contributed by atoms with Crippen molar-refractivity contribution in [3.05, 3.63) is 11.6 Å². The molecule has 1 rings (SSSR count). The van der Waals surface area contributed by atoms with Crippen LogP contribution in [0, 0.1) is 0 Å². The molecule has 1 aliphatic heterocycles. The van der Waals surface area contributed by atoms with E-state index in [0.717, 1.165) is 0 Å². The summed E-state index contributed by atoms with van der Waals surface area (Å²) < 4.78 is 4.79. The van der Waals surface area contributed by atoms with E-state index >= 15 is 0 Å². The van der Waals surface area contributed by atoms with Gasteiger partial charge in [0.15, 0.2) is 5.78 Å². The molecule has 4 heteroatoms. The predicted octanol–water partition coefficient (Wildman–Crippen LogP) is 0.198. The first-order valence-electron chi connectivity index (χ1n) is 4.13. The van der Waals surface area contributed by atoms with Crippen LogP contribution in [0.2, 0.25) is 0 Å². The Hall–Kier alpha value is -1.16. The number of hydrogen-bond donors (Lipinski definition) is 1. The Bertz CT molecular complexity index is 265. The van der Waals surface area contributed by atoms with Crippen LogP contribution in [-0.4, -0.2) is 29.1 Å². The molecule has 0 aromatic heterocycles. The summed E-state index contributed by atoms with van der Waals surface area (Å²) in [6.07, 6.45) is 0.276. The van der Waals surface area contributed by atoms with Crippen molar-refractivity contribution in [1.82, 2.24) is 0 Å². The Kier molecular flexibility index (Phi) is 2.83. The van der Waals surface area contributed by atoms with Gasteiger partial charge in [-0.1, -0.05) is 0 Å². The topological polar surface area (TPSA) is 63.6 Å². The summed E-state index contributed by atoms with van der Waals surface area (Å²) >= 11 is 0. The van der Waals surface area contributed by atoms with Crippen LogP contribution >= 0.6 is 0 Å². The quantitative estimate of drug-likeness (QED) is 0.636. The molecule has 1 N–H and O–H groups in total. The normalized spacial score (nSPS) is 23.8. The van der Waals surface area contributed by atoms with Crippen LogP contribution in [0.25, 0.3) is 0 Å². The van der Waals surface area contributed by atoms with Crippen molar-refractivity contribution in [1.29, 1.82) is 0 Å². The number of aliphatic hydroxyl groups excluding tert-OH is 1. The summed E-state index contributed by atoms with van der Waals surface area (Å²) in [7, 11) is 0. The van der Waals surface area contributed by atoms with Gasteiger partial charge in [-0.05, 0) is 19.9 Å². The number of hydrogen-bond acceptors (Lipinski definition) is 4. The van der Waals surface area contributed by atoms with Gasteiger partial charge in [0, 0.05) is 12.0 Å². The molecule has 13 heavy (non-hydrogen) atoms. The lowest BCUT2D eigenvalue weighted by Gasteiger charge is -2.01. The van der Waals surface area contributed by atoms with Crippen molar-refractivity contribution >= 4 is 11.8 Å². The third-order valence-corrected chi connectivity index (χ3v) is 1.82. The second-order valence-corrected chi connectivity index (χ2v) is 3.12. The maximum absolute atomic E-state index is 11.1. The van der Waals surface area contributed by atoms with E-state index in [1.54, 1.807) is 13.0 Å². The molecule has 0 radical (unpaired) electrons. The van der Waals surface area contributed by atoms with Crippen LogP contribution in [0.15, 0.2) is 11.6 Å². The fourth-order valence-corrected chi connectivity index (χ4v) is 1.10. The summed E-state index contributed by atoms with van der Waals surface area (Å²) in [4.78, 5) is 22.1. The molecule has 4 nitrogen and oxygen atoms in total. The Labute approximate surface area is 76.2 Å². The third kappa shape index (κ3) is 2.39. The van der Waals surface area contributed by atoms with E-state index in [1.165, 1.54) is 6.92 Å². The van der Waals surface area contributed by atoms with Gasteiger partial charge < -0.3 is 9.84 Å². The minimum atomic E-state index is -1.02. The average molecular weight is 184 g/mol. The van der Waals surface area contributed by atoms with Gasteiger partial charge in [-0.2, -0.15) is 0 Å². The summed E-state index contributed by atoms with van der Waals surface area (Å²) in [5, 5.41) is 8.90. The molecular weight excluding hydrogens is 172 g/mol. The molecule has 0 aromatic carbocycles. The van der Waals surface area contributed by atoms with Crippen molar-refractivity contribution in [2.45, 2.75) is 32.5 Å². The summed E-state index contributed by atoms with van der Waals surface area (Å²) in [5.74, 6) is -0.821. The zero-order valence-electron chi connectivity index (χ0n) is 7.61. The van der Waals surface area contributed by atoms with Crippen molar-refractivity contribution in [3.63, 3.8) is 0 Å². The van der Waals surface area contributed by atoms with Crippen molar-refractivity contribution in [2.24, 2.45) is 0 Å². The maximum atomic E-state index is 11.1. The first-order chi connectivity index (χ1) is 6.00. The molecule has 0 amide bonds. The molecule has 0 aromatic rings. The van der Waals surface area contributed by atoms with Crippen LogP contribution in [0.5, 0.6) is 0 Å². The average Bonchev–Trinajstić information content (AvgIpc) is 2.30. The Morgan fingerprint density at radius 2 is 2.38 bits per heavy atom. The number of carbonyl (C=O) groups is 2. The molecule has 0 aliphatic carbocycles. The van der Waals surface area contributed by atoms with E-state index in [2.05, 4.69) is 0 Å². The van der Waals surface area contributed by atoms with Crippen molar-refractivity contribution < 1.29 is 19.4 Å². The number of Topliss-reactive ketones (excluding diaryl/α,β-unsaturated/α-hetero) is 1. The highest BCUT2D eigenvalue weighted by Gasteiger charge is 2.25. The molecular formula is C9H12O4. The van der Waals surface area contributed by atoms with Crippen molar-refractivity contribution in [3.8, 4) is 0 Å². The highest BCUT2D eigenvalue weighted by Crippen LogP contribution is 2.17. The number of ketones is 1. The van der Waals surface area contributed by atoms with E-state index in [-0.39, 0.29) is 18.3 Å². The summed E-state index contributed by atoms with van der Waals surface area (Å²) in [6, 6.07) is 0. The minimum absolute atomic E-state index is 0.0408. The standard InChI is InChI=1S/C9H12O4/c1-5-3-7(9(12)13-5)4-8(11)6(2)10/h3,5-6,10H,4H2,1-2H3. The fourth-order valence-electron chi connectivity index (χ4n) is 1.10. The number of cyclic esters (lactones) is 1. The van der Waals surface area contributed by atoms with Crippen LogP contribution in [0.4, 0.5) is 0 Å². The summed E-state index contributed by atoms with van der Waals surface area (Å²) in [5.41, 5.74) is 0.346. The lowest BCUT2D eigenvalue weighted by atomic mass is 10.1. The number of aliphatic hydroxyl groups is 1. The monoisotopic (exact) mass is 184 g/mol. The van der Waals surface area contributed by atoms with Crippen LogP contribution in [0.3, 0.4) is 0 Å². The molecule has 0 saturated heterocycles. The van der Waals surface area contributed by atoms with Crippen LogP contribution < -0.4 is 0 Å². The van der Waals surface area contributed by atoms with Gasteiger partial charge >= 0.3 is 5.97 Å². The highest BCUT2D eigenvalue weighted by atomic mass is 16.5. The Morgan fingerprint density at radius 3 is 2.77 bits per heavy atom. The maximum Gasteiger partial charge on any atom is 0.334 e. The Morgan fingerprint density at radius 1 is 1.77 bits per heavy atom. The number of carbonyl (C=O) groups excluding carboxylic acids is 2. The lowest BCUT2D eigenvalue weighted by Crippen LogP contribution is -2.17. The molecule has 0 saturated carbocycles. The first kappa shape index (κ1) is 9.92. The molecule has 2 unspecified atom stereocenters. The predicted molar refractivity (Wildman–Crippen MR) is 44.9 cm³/mol. The fraction of sp³-hybridized carbons (Fsp3) is 0.556. The summed E-state index contributed by atoms with van der Waals surface area (Å²) in [6.45, 7) is 3.10. The highest BCUT2D eigenvalue weighted by molar-refractivity contribution is 5.98. The van der Waals surface area contributed by atoms with E-state index in [0.29, 0.717) is 5.57 Å². The Balaban J connectivity index is 2.59. The van der Waals surface area contributed by atoms with E-state index in [9.17, 15) is 9.59 Å². The SMILES string of the molecule is CC1C=C(CC(=O)C(C)O)C(=O)O1. The van der Waals surface area contributed by atoms with Gasteiger partial charge in [0.25, 0.3) is 0 Å². The van der Waals surface area contributed by atoms with E-state index in [1.807, 2.05) is 0 Å². The molecule has 1 aliphatic rings. The molecule has 0 spiro atoms. The second-order valence-electron chi connectivity index (χ2n) is 3.12. The number of rotatable bonds is 3. The molecule has 2 atom stereocenters. The molecule has 0 fully saturated rings. The van der Waals surface area contributed by atoms with Crippen LogP contribution in [0.1, 0.15) is 20.3 Å². The smallest absolute Gasteiger partial charge is 0.334 e. The molecule has 1 heterocycles. The second kappa shape index (κ2) is 3.70. The van der Waals surface area contributed by atoms with Gasteiger partial charge in [0.1, 0.15) is 12.2 Å². The van der Waals surface area contributed by atoms with Crippen molar-refractivity contribution in [2.75, 3.05) is 0 Å². The van der Waals surface area contributed by atoms with Gasteiger partial charge in [0.2, 0.25) is 0 Å². The zero-order chi connectivity index (χ0) is 10.0. The number of ether oxygens (including phenoxy) is 1. The largest absolute Gasteiger partial charge is 0.455 e. The van der Waals surface area contributed by atoms with Gasteiger partial charge in [0.05, 0.1) is 0 Å². The third-order valence-electron chi connectivity index (χ3n) is 1.82.